The molecule has 1 aliphatic rings. The Bertz CT molecular complexity index is 1590. The summed E-state index contributed by atoms with van der Waals surface area (Å²) in [6, 6.07) is 20.1. The largest absolute Gasteiger partial charge is 0.329 e. The standard InChI is InChI=1S/C40H50N4O2/c1-7-27(3)35(43-39(45)25-30-16-11-9-14-28(30)4)20-21-36(41-6)32-18-13-19-33(24-32)37-22-23-38(34(8-2)42-37)44-40(46)26-31-17-12-10-15-29(31)5/h9-12,14-17,20-23,27,32-33H,6-8,13,18-19,24-26H2,1-5H3,(H,43,45)(H,44,46). The van der Waals surface area contributed by atoms with E-state index < -0.39 is 0 Å². The quantitative estimate of drug-likeness (QED) is 0.149. The van der Waals surface area contributed by atoms with Crippen molar-refractivity contribution in [2.24, 2.45) is 16.8 Å². The Labute approximate surface area is 275 Å². The Morgan fingerprint density at radius 3 is 2.20 bits per heavy atom. The molecule has 0 saturated heterocycles. The second-order valence-corrected chi connectivity index (χ2v) is 12.6. The molecule has 1 aliphatic carbocycles. The van der Waals surface area contributed by atoms with Crippen LogP contribution in [0.25, 0.3) is 0 Å². The first kappa shape index (κ1) is 34.6. The molecular weight excluding hydrogens is 568 g/mol. The molecule has 2 N–H and O–H groups in total. The minimum absolute atomic E-state index is 0.00675. The van der Waals surface area contributed by atoms with Gasteiger partial charge in [0.2, 0.25) is 11.8 Å². The second-order valence-electron chi connectivity index (χ2n) is 12.6. The van der Waals surface area contributed by atoms with Crippen LogP contribution in [0.2, 0.25) is 0 Å². The molecule has 0 spiro atoms. The summed E-state index contributed by atoms with van der Waals surface area (Å²) in [6.45, 7) is 14.3. The minimum atomic E-state index is -0.0284. The number of aryl methyl sites for hydroxylation is 3. The molecule has 3 unspecified atom stereocenters. The number of hydrogen-bond donors (Lipinski definition) is 2. The Hall–Kier alpha value is -4.32. The molecule has 1 aromatic heterocycles. The van der Waals surface area contributed by atoms with Gasteiger partial charge in [0.1, 0.15) is 0 Å². The van der Waals surface area contributed by atoms with Crippen LogP contribution in [0, 0.1) is 25.7 Å². The van der Waals surface area contributed by atoms with Gasteiger partial charge in [-0.1, -0.05) is 75.7 Å². The number of allylic oxidation sites excluding steroid dienone is 4. The normalized spacial score (nSPS) is 17.7. The SMILES string of the molecule is C=NC(=CC=C(NC(=O)Cc1ccccc1C)C(C)CC)C1CCCC(c2ccc(NC(=O)Cc3ccccc3C)c(CC)n2)C1. The average molecular weight is 619 g/mol. The topological polar surface area (TPSA) is 83.5 Å². The van der Waals surface area contributed by atoms with E-state index in [2.05, 4.69) is 49.2 Å². The van der Waals surface area contributed by atoms with Gasteiger partial charge in [-0.2, -0.15) is 0 Å². The van der Waals surface area contributed by atoms with Crippen molar-refractivity contribution in [3.8, 4) is 0 Å². The number of nitrogens with zero attached hydrogens (tertiary/aromatic N) is 2. The molecule has 1 fully saturated rings. The molecule has 0 radical (unpaired) electrons. The summed E-state index contributed by atoms with van der Waals surface area (Å²) in [7, 11) is 0. The number of nitrogens with one attached hydrogen (secondary N) is 2. The third kappa shape index (κ3) is 9.35. The average Bonchev–Trinajstić information content (AvgIpc) is 3.06. The summed E-state index contributed by atoms with van der Waals surface area (Å²) in [5.74, 6) is 0.730. The molecule has 3 aromatic rings. The van der Waals surface area contributed by atoms with Crippen LogP contribution < -0.4 is 10.6 Å². The molecule has 6 heteroatoms. The van der Waals surface area contributed by atoms with E-state index in [0.29, 0.717) is 18.8 Å². The lowest BCUT2D eigenvalue weighted by Gasteiger charge is -2.29. The molecule has 2 amide bonds. The van der Waals surface area contributed by atoms with Gasteiger partial charge >= 0.3 is 0 Å². The Morgan fingerprint density at radius 1 is 0.935 bits per heavy atom. The molecule has 46 heavy (non-hydrogen) atoms. The molecular formula is C40H50N4O2. The smallest absolute Gasteiger partial charge is 0.228 e. The molecule has 1 heterocycles. The first-order valence-electron chi connectivity index (χ1n) is 16.8. The van der Waals surface area contributed by atoms with Crippen LogP contribution in [0.1, 0.15) is 92.4 Å². The minimum Gasteiger partial charge on any atom is -0.329 e. The Kier molecular flexibility index (Phi) is 12.6. The number of anilines is 1. The lowest BCUT2D eigenvalue weighted by atomic mass is 9.78. The lowest BCUT2D eigenvalue weighted by molar-refractivity contribution is -0.120. The van der Waals surface area contributed by atoms with Gasteiger partial charge < -0.3 is 10.6 Å². The van der Waals surface area contributed by atoms with Crippen molar-refractivity contribution in [2.75, 3.05) is 5.32 Å². The van der Waals surface area contributed by atoms with E-state index in [1.54, 1.807) is 0 Å². The second kappa shape index (κ2) is 16.8. The summed E-state index contributed by atoms with van der Waals surface area (Å²) in [5, 5.41) is 6.29. The summed E-state index contributed by atoms with van der Waals surface area (Å²) in [5.41, 5.74) is 8.94. The number of benzene rings is 2. The van der Waals surface area contributed by atoms with Gasteiger partial charge in [-0.3, -0.25) is 19.6 Å². The maximum absolute atomic E-state index is 13.0. The van der Waals surface area contributed by atoms with Gasteiger partial charge in [-0.15, -0.1) is 0 Å². The van der Waals surface area contributed by atoms with E-state index in [1.165, 1.54) is 0 Å². The molecule has 242 valence electrons. The van der Waals surface area contributed by atoms with Crippen LogP contribution in [0.4, 0.5) is 5.69 Å². The summed E-state index contributed by atoms with van der Waals surface area (Å²) < 4.78 is 0. The van der Waals surface area contributed by atoms with Gasteiger partial charge in [-0.05, 0) is 105 Å². The number of amides is 2. The van der Waals surface area contributed by atoms with E-state index in [4.69, 9.17) is 4.98 Å². The van der Waals surface area contributed by atoms with Crippen molar-refractivity contribution in [1.82, 2.24) is 10.3 Å². The maximum atomic E-state index is 13.0. The first-order chi connectivity index (χ1) is 22.2. The highest BCUT2D eigenvalue weighted by Gasteiger charge is 2.27. The number of carbonyl (C=O) groups is 2. The zero-order chi connectivity index (χ0) is 33.1. The predicted octanol–water partition coefficient (Wildman–Crippen LogP) is 8.59. The molecule has 0 aliphatic heterocycles. The van der Waals surface area contributed by atoms with Crippen LogP contribution in [0.15, 0.2) is 89.2 Å². The number of rotatable bonds is 13. The molecule has 1 saturated carbocycles. The van der Waals surface area contributed by atoms with E-state index >= 15 is 0 Å². The number of carbonyl (C=O) groups excluding carboxylic acids is 2. The first-order valence-corrected chi connectivity index (χ1v) is 16.8. The zero-order valence-corrected chi connectivity index (χ0v) is 28.2. The summed E-state index contributed by atoms with van der Waals surface area (Å²) in [4.78, 5) is 35.4. The lowest BCUT2D eigenvalue weighted by Crippen LogP contribution is -2.27. The molecule has 4 rings (SSSR count). The van der Waals surface area contributed by atoms with Crippen molar-refractivity contribution in [3.63, 3.8) is 0 Å². The van der Waals surface area contributed by atoms with E-state index in [0.717, 1.165) is 89.2 Å². The van der Waals surface area contributed by atoms with Gasteiger partial charge in [-0.25, -0.2) is 0 Å². The molecule has 0 bridgehead atoms. The van der Waals surface area contributed by atoms with E-state index in [-0.39, 0.29) is 23.7 Å². The van der Waals surface area contributed by atoms with Crippen LogP contribution in [0.3, 0.4) is 0 Å². The number of hydrogen-bond acceptors (Lipinski definition) is 4. The Balaban J connectivity index is 1.45. The van der Waals surface area contributed by atoms with Crippen molar-refractivity contribution >= 4 is 24.2 Å². The molecule has 3 atom stereocenters. The fourth-order valence-electron chi connectivity index (χ4n) is 6.26. The monoisotopic (exact) mass is 618 g/mol. The fourth-order valence-corrected chi connectivity index (χ4v) is 6.26. The van der Waals surface area contributed by atoms with Gasteiger partial charge in [0.15, 0.2) is 0 Å². The highest BCUT2D eigenvalue weighted by Crippen LogP contribution is 2.39. The third-order valence-corrected chi connectivity index (χ3v) is 9.38. The van der Waals surface area contributed by atoms with Crippen molar-refractivity contribution in [2.45, 2.75) is 91.9 Å². The van der Waals surface area contributed by atoms with Gasteiger partial charge in [0.05, 0.1) is 24.2 Å². The van der Waals surface area contributed by atoms with Gasteiger partial charge in [0.25, 0.3) is 0 Å². The summed E-state index contributed by atoms with van der Waals surface area (Å²) in [6.07, 6.45) is 10.6. The van der Waals surface area contributed by atoms with Gasteiger partial charge in [0, 0.05) is 28.9 Å². The highest BCUT2D eigenvalue weighted by molar-refractivity contribution is 5.93. The fraction of sp³-hybridized carbons (Fsp3) is 0.400. The van der Waals surface area contributed by atoms with Crippen LogP contribution in [-0.2, 0) is 28.9 Å². The van der Waals surface area contributed by atoms with Crippen LogP contribution in [0.5, 0.6) is 0 Å². The predicted molar refractivity (Wildman–Crippen MR) is 190 cm³/mol. The Morgan fingerprint density at radius 2 is 1.59 bits per heavy atom. The van der Waals surface area contributed by atoms with E-state index in [1.807, 2.05) is 80.6 Å². The molecule has 6 nitrogen and oxygen atoms in total. The van der Waals surface area contributed by atoms with E-state index in [9.17, 15) is 9.59 Å². The van der Waals surface area contributed by atoms with Crippen LogP contribution in [-0.4, -0.2) is 23.5 Å². The maximum Gasteiger partial charge on any atom is 0.228 e. The summed E-state index contributed by atoms with van der Waals surface area (Å²) >= 11 is 0. The third-order valence-electron chi connectivity index (χ3n) is 9.38. The van der Waals surface area contributed by atoms with Crippen molar-refractivity contribution in [1.29, 1.82) is 0 Å². The van der Waals surface area contributed by atoms with Crippen molar-refractivity contribution in [3.05, 3.63) is 118 Å². The number of pyridine rings is 1. The van der Waals surface area contributed by atoms with Crippen molar-refractivity contribution < 1.29 is 9.59 Å². The number of aromatic nitrogens is 1. The molecule has 2 aromatic carbocycles. The highest BCUT2D eigenvalue weighted by atomic mass is 16.2. The zero-order valence-electron chi connectivity index (χ0n) is 28.2. The van der Waals surface area contributed by atoms with Crippen LogP contribution >= 0.6 is 0 Å². The number of aliphatic imine (C=N–C) groups is 1.